The van der Waals surface area contributed by atoms with Gasteiger partial charge in [-0.1, -0.05) is 29.8 Å². The highest BCUT2D eigenvalue weighted by molar-refractivity contribution is 7.89. The van der Waals surface area contributed by atoms with Crippen molar-refractivity contribution in [3.63, 3.8) is 0 Å². The Morgan fingerprint density at radius 3 is 2.48 bits per heavy atom. The summed E-state index contributed by atoms with van der Waals surface area (Å²) in [6, 6.07) is 12.8. The predicted octanol–water partition coefficient (Wildman–Crippen LogP) is 2.79. The zero-order valence-electron chi connectivity index (χ0n) is 14.6. The van der Waals surface area contributed by atoms with Crippen LogP contribution in [0.5, 0.6) is 0 Å². The maximum absolute atomic E-state index is 12.8. The summed E-state index contributed by atoms with van der Waals surface area (Å²) in [7, 11) is -3.67. The molecule has 0 atom stereocenters. The van der Waals surface area contributed by atoms with Crippen LogP contribution in [0.1, 0.15) is 30.5 Å². The fraction of sp³-hybridized carbons (Fsp3) is 0.316. The zero-order valence-corrected chi connectivity index (χ0v) is 15.4. The van der Waals surface area contributed by atoms with Crippen LogP contribution in [-0.4, -0.2) is 19.9 Å². The molecule has 0 aliphatic carbocycles. The molecule has 0 unspecified atom stereocenters. The fourth-order valence-electron chi connectivity index (χ4n) is 3.05. The van der Waals surface area contributed by atoms with Crippen molar-refractivity contribution in [2.45, 2.75) is 44.0 Å². The van der Waals surface area contributed by atoms with Gasteiger partial charge in [0.05, 0.1) is 11.3 Å². The minimum Gasteiger partial charge on any atom is -0.326 e. The molecule has 1 heterocycles. The largest absolute Gasteiger partial charge is 0.326 e. The lowest BCUT2D eigenvalue weighted by Crippen LogP contribution is -2.45. The molecule has 6 heteroatoms. The molecule has 0 saturated heterocycles. The number of sulfonamides is 1. The molecule has 1 aliphatic rings. The molecule has 2 aromatic carbocycles. The van der Waals surface area contributed by atoms with Crippen LogP contribution in [0.3, 0.4) is 0 Å². The number of rotatable bonds is 5. The number of carbonyl (C=O) groups is 1. The van der Waals surface area contributed by atoms with E-state index in [0.717, 1.165) is 5.56 Å². The smallest absolute Gasteiger partial charge is 0.241 e. The summed E-state index contributed by atoms with van der Waals surface area (Å²) in [4.78, 5) is 11.6. The van der Waals surface area contributed by atoms with E-state index in [-0.39, 0.29) is 17.2 Å². The maximum atomic E-state index is 12.8. The van der Waals surface area contributed by atoms with Crippen molar-refractivity contribution in [2.75, 3.05) is 5.32 Å². The molecule has 0 bridgehead atoms. The SMILES string of the molecule is Cc1ccc(CC(C)(C)NS(=O)(=O)c2ccc3c(c2)CC(=O)N3)cc1. The lowest BCUT2D eigenvalue weighted by Gasteiger charge is -2.26. The molecule has 0 radical (unpaired) electrons. The predicted molar refractivity (Wildman–Crippen MR) is 98.1 cm³/mol. The summed E-state index contributed by atoms with van der Waals surface area (Å²) in [5.74, 6) is -0.114. The van der Waals surface area contributed by atoms with E-state index >= 15 is 0 Å². The minimum absolute atomic E-state index is 0.114. The first kappa shape index (κ1) is 17.6. The summed E-state index contributed by atoms with van der Waals surface area (Å²) >= 11 is 0. The van der Waals surface area contributed by atoms with Crippen LogP contribution in [0.4, 0.5) is 5.69 Å². The molecule has 3 rings (SSSR count). The molecule has 132 valence electrons. The molecule has 0 spiro atoms. The Labute approximate surface area is 148 Å². The molecule has 0 aromatic heterocycles. The van der Waals surface area contributed by atoms with Crippen molar-refractivity contribution < 1.29 is 13.2 Å². The molecule has 0 saturated carbocycles. The monoisotopic (exact) mass is 358 g/mol. The van der Waals surface area contributed by atoms with Crippen molar-refractivity contribution in [1.82, 2.24) is 4.72 Å². The van der Waals surface area contributed by atoms with Gasteiger partial charge in [0.1, 0.15) is 0 Å². The normalized spacial score (nSPS) is 14.3. The Bertz CT molecular complexity index is 916. The van der Waals surface area contributed by atoms with Gasteiger partial charge in [-0.15, -0.1) is 0 Å². The number of benzene rings is 2. The third-order valence-electron chi connectivity index (χ3n) is 4.19. The number of hydrogen-bond donors (Lipinski definition) is 2. The van der Waals surface area contributed by atoms with Gasteiger partial charge in [0.25, 0.3) is 0 Å². The van der Waals surface area contributed by atoms with Crippen LogP contribution >= 0.6 is 0 Å². The van der Waals surface area contributed by atoms with Crippen LogP contribution in [-0.2, 0) is 27.7 Å². The highest BCUT2D eigenvalue weighted by Gasteiger charge is 2.28. The van der Waals surface area contributed by atoms with Crippen LogP contribution in [0, 0.1) is 6.92 Å². The van der Waals surface area contributed by atoms with Crippen LogP contribution in [0.25, 0.3) is 0 Å². The summed E-state index contributed by atoms with van der Waals surface area (Å²) in [5.41, 5.74) is 3.00. The van der Waals surface area contributed by atoms with Gasteiger partial charge in [-0.2, -0.15) is 0 Å². The molecule has 2 N–H and O–H groups in total. The molecular formula is C19H22N2O3S. The average Bonchev–Trinajstić information content (AvgIpc) is 2.87. The first-order chi connectivity index (χ1) is 11.6. The van der Waals surface area contributed by atoms with E-state index in [0.29, 0.717) is 17.7 Å². The number of anilines is 1. The van der Waals surface area contributed by atoms with Gasteiger partial charge in [0.2, 0.25) is 15.9 Å². The van der Waals surface area contributed by atoms with Crippen molar-refractivity contribution in [3.05, 3.63) is 59.2 Å². The lowest BCUT2D eigenvalue weighted by molar-refractivity contribution is -0.115. The van der Waals surface area contributed by atoms with E-state index in [1.807, 2.05) is 45.0 Å². The van der Waals surface area contributed by atoms with Gasteiger partial charge >= 0.3 is 0 Å². The average molecular weight is 358 g/mol. The standard InChI is InChI=1S/C19H22N2O3S/c1-13-4-6-14(7-5-13)12-19(2,3)21-25(23,24)16-8-9-17-15(10-16)11-18(22)20-17/h4-10,21H,11-12H2,1-3H3,(H,20,22). The highest BCUT2D eigenvalue weighted by Crippen LogP contribution is 2.26. The van der Waals surface area contributed by atoms with E-state index in [9.17, 15) is 13.2 Å². The van der Waals surface area contributed by atoms with Gasteiger partial charge in [-0.3, -0.25) is 4.79 Å². The van der Waals surface area contributed by atoms with Gasteiger partial charge in [0.15, 0.2) is 0 Å². The summed E-state index contributed by atoms with van der Waals surface area (Å²) in [5, 5.41) is 2.71. The third kappa shape index (κ3) is 4.08. The Morgan fingerprint density at radius 1 is 1.12 bits per heavy atom. The molecule has 1 amide bonds. The van der Waals surface area contributed by atoms with Crippen molar-refractivity contribution in [2.24, 2.45) is 0 Å². The van der Waals surface area contributed by atoms with Gasteiger partial charge in [-0.25, -0.2) is 13.1 Å². The topological polar surface area (TPSA) is 75.3 Å². The fourth-order valence-corrected chi connectivity index (χ4v) is 4.51. The second-order valence-electron chi connectivity index (χ2n) is 7.20. The second kappa shape index (κ2) is 6.28. The number of aryl methyl sites for hydroxylation is 1. The van der Waals surface area contributed by atoms with E-state index in [1.54, 1.807) is 12.1 Å². The van der Waals surface area contributed by atoms with E-state index < -0.39 is 15.6 Å². The summed E-state index contributed by atoms with van der Waals surface area (Å²) < 4.78 is 28.3. The minimum atomic E-state index is -3.67. The van der Waals surface area contributed by atoms with Crippen molar-refractivity contribution in [3.8, 4) is 0 Å². The van der Waals surface area contributed by atoms with Crippen LogP contribution < -0.4 is 10.0 Å². The first-order valence-corrected chi connectivity index (χ1v) is 9.65. The number of nitrogens with one attached hydrogen (secondary N) is 2. The number of hydrogen-bond acceptors (Lipinski definition) is 3. The molecular weight excluding hydrogens is 336 g/mol. The number of carbonyl (C=O) groups excluding carboxylic acids is 1. The van der Waals surface area contributed by atoms with Crippen LogP contribution in [0.2, 0.25) is 0 Å². The Hall–Kier alpha value is -2.18. The van der Waals surface area contributed by atoms with Crippen molar-refractivity contribution >= 4 is 21.6 Å². The zero-order chi connectivity index (χ0) is 18.2. The van der Waals surface area contributed by atoms with Crippen LogP contribution in [0.15, 0.2) is 47.4 Å². The quantitative estimate of drug-likeness (QED) is 0.863. The number of amides is 1. The second-order valence-corrected chi connectivity index (χ2v) is 8.88. The maximum Gasteiger partial charge on any atom is 0.241 e. The van der Waals surface area contributed by atoms with Gasteiger partial charge in [-0.05, 0) is 56.5 Å². The van der Waals surface area contributed by atoms with Gasteiger partial charge < -0.3 is 5.32 Å². The third-order valence-corrected chi connectivity index (χ3v) is 5.89. The molecule has 25 heavy (non-hydrogen) atoms. The molecule has 5 nitrogen and oxygen atoms in total. The summed E-state index contributed by atoms with van der Waals surface area (Å²) in [6.45, 7) is 5.75. The lowest BCUT2D eigenvalue weighted by atomic mass is 9.96. The van der Waals surface area contributed by atoms with E-state index in [4.69, 9.17) is 0 Å². The van der Waals surface area contributed by atoms with Gasteiger partial charge in [0, 0.05) is 11.2 Å². The Kier molecular flexibility index (Phi) is 4.43. The Morgan fingerprint density at radius 2 is 1.80 bits per heavy atom. The molecule has 1 aliphatic heterocycles. The Balaban J connectivity index is 1.79. The molecule has 0 fully saturated rings. The molecule has 2 aromatic rings. The van der Waals surface area contributed by atoms with E-state index in [1.165, 1.54) is 11.6 Å². The first-order valence-electron chi connectivity index (χ1n) is 8.17. The summed E-state index contributed by atoms with van der Waals surface area (Å²) in [6.07, 6.45) is 0.795. The highest BCUT2D eigenvalue weighted by atomic mass is 32.2. The van der Waals surface area contributed by atoms with E-state index in [2.05, 4.69) is 10.0 Å². The number of fused-ring (bicyclic) bond motifs is 1. The van der Waals surface area contributed by atoms with Crippen molar-refractivity contribution in [1.29, 1.82) is 0 Å².